The SMILES string of the molecule is COc1c(Nc2cc(NC(=O)C3CC3)nnc2C(=O)[O][Zn])cccc1-c1ncn(CCOCc2ccccc2)n1. The number of nitrogens with one attached hydrogen (secondary N) is 2. The minimum atomic E-state index is -0.625. The van der Waals surface area contributed by atoms with Gasteiger partial charge in [0.25, 0.3) is 0 Å². The summed E-state index contributed by atoms with van der Waals surface area (Å²) in [6.45, 7) is 1.53. The summed E-state index contributed by atoms with van der Waals surface area (Å²) >= 11 is 0.296. The van der Waals surface area contributed by atoms with E-state index in [0.717, 1.165) is 18.4 Å². The summed E-state index contributed by atoms with van der Waals surface area (Å²) in [6, 6.07) is 17.0. The Morgan fingerprint density at radius 1 is 1.07 bits per heavy atom. The van der Waals surface area contributed by atoms with Gasteiger partial charge >= 0.3 is 187 Å². The van der Waals surface area contributed by atoms with Crippen LogP contribution in [0.15, 0.2) is 60.9 Å². The van der Waals surface area contributed by atoms with Crippen LogP contribution in [0.1, 0.15) is 28.9 Å². The van der Waals surface area contributed by atoms with Crippen LogP contribution in [0.4, 0.5) is 17.2 Å². The van der Waals surface area contributed by atoms with Gasteiger partial charge in [0.2, 0.25) is 0 Å². The molecular weight excluding hydrogens is 568 g/mol. The van der Waals surface area contributed by atoms with Gasteiger partial charge in [-0.1, -0.05) is 30.3 Å². The van der Waals surface area contributed by atoms with Crippen molar-refractivity contribution in [3.8, 4) is 17.1 Å². The van der Waals surface area contributed by atoms with Crippen LogP contribution in [-0.2, 0) is 44.9 Å². The van der Waals surface area contributed by atoms with Crippen LogP contribution >= 0.6 is 0 Å². The van der Waals surface area contributed by atoms with Crippen molar-refractivity contribution in [1.82, 2.24) is 25.0 Å². The number of methoxy groups -OCH3 is 1. The van der Waals surface area contributed by atoms with Crippen molar-refractivity contribution in [1.29, 1.82) is 0 Å². The molecule has 1 aliphatic rings. The van der Waals surface area contributed by atoms with Gasteiger partial charge in [-0.2, -0.15) is 0 Å². The Hall–Kier alpha value is -4.22. The molecule has 0 aliphatic heterocycles. The molecule has 0 spiro atoms. The fourth-order valence-corrected chi connectivity index (χ4v) is 4.25. The van der Waals surface area contributed by atoms with Gasteiger partial charge in [-0.25, -0.2) is 0 Å². The molecule has 0 saturated heterocycles. The van der Waals surface area contributed by atoms with E-state index >= 15 is 0 Å². The Bertz CT molecular complexity index is 1490. The van der Waals surface area contributed by atoms with Gasteiger partial charge in [-0.3, -0.25) is 0 Å². The van der Waals surface area contributed by atoms with Crippen molar-refractivity contribution < 1.29 is 41.3 Å². The zero-order valence-electron chi connectivity index (χ0n) is 21.9. The molecule has 40 heavy (non-hydrogen) atoms. The number of para-hydroxylation sites is 1. The first kappa shape index (κ1) is 27.4. The van der Waals surface area contributed by atoms with Gasteiger partial charge < -0.3 is 4.74 Å². The molecule has 1 saturated carbocycles. The molecule has 1 amide bonds. The second-order valence-corrected chi connectivity index (χ2v) is 9.67. The number of benzene rings is 2. The second kappa shape index (κ2) is 12.8. The van der Waals surface area contributed by atoms with Gasteiger partial charge in [-0.15, -0.1) is 0 Å². The predicted octanol–water partition coefficient (Wildman–Crippen LogP) is 3.67. The molecule has 2 aromatic heterocycles. The summed E-state index contributed by atoms with van der Waals surface area (Å²) in [5.41, 5.74) is 2.59. The van der Waals surface area contributed by atoms with Crippen molar-refractivity contribution >= 4 is 29.1 Å². The van der Waals surface area contributed by atoms with E-state index in [9.17, 15) is 9.59 Å². The van der Waals surface area contributed by atoms with Crippen LogP contribution in [0.2, 0.25) is 0 Å². The maximum absolute atomic E-state index is 12.4. The zero-order valence-corrected chi connectivity index (χ0v) is 24.8. The molecule has 5 rings (SSSR count). The number of rotatable bonds is 12. The quantitative estimate of drug-likeness (QED) is 0.184. The summed E-state index contributed by atoms with van der Waals surface area (Å²) < 4.78 is 18.2. The first-order valence-electron chi connectivity index (χ1n) is 12.7. The third kappa shape index (κ3) is 6.67. The van der Waals surface area contributed by atoms with Crippen LogP contribution < -0.4 is 15.4 Å². The number of amides is 1. The maximum atomic E-state index is 12.4. The molecule has 1 aliphatic carbocycles. The van der Waals surface area contributed by atoms with Crippen LogP contribution in [0.25, 0.3) is 11.4 Å². The van der Waals surface area contributed by atoms with E-state index in [0.29, 0.717) is 66.9 Å². The molecule has 0 atom stereocenters. The van der Waals surface area contributed by atoms with E-state index in [1.807, 2.05) is 42.5 Å². The Morgan fingerprint density at radius 3 is 2.65 bits per heavy atom. The van der Waals surface area contributed by atoms with Gasteiger partial charge in [-0.05, 0) is 5.56 Å². The first-order valence-corrected chi connectivity index (χ1v) is 13.9. The number of ether oxygens (including phenoxy) is 2. The minimum absolute atomic E-state index is 0.0107. The number of hydrogen-bond donors (Lipinski definition) is 2. The molecule has 12 nitrogen and oxygen atoms in total. The third-order valence-corrected chi connectivity index (χ3v) is 6.71. The number of aromatic nitrogens is 5. The van der Waals surface area contributed by atoms with Crippen molar-refractivity contribution in [3.05, 3.63) is 72.2 Å². The summed E-state index contributed by atoms with van der Waals surface area (Å²) in [5, 5.41) is 18.5. The molecule has 4 aromatic rings. The van der Waals surface area contributed by atoms with E-state index in [1.54, 1.807) is 23.1 Å². The molecule has 2 heterocycles. The number of hydrogen-bond acceptors (Lipinski definition) is 10. The normalized spacial score (nSPS) is 12.6. The van der Waals surface area contributed by atoms with Crippen molar-refractivity contribution in [3.63, 3.8) is 0 Å². The molecule has 0 unspecified atom stereocenters. The van der Waals surface area contributed by atoms with Crippen LogP contribution in [0, 0.1) is 5.92 Å². The molecule has 2 N–H and O–H groups in total. The van der Waals surface area contributed by atoms with E-state index in [2.05, 4.69) is 30.9 Å². The summed E-state index contributed by atoms with van der Waals surface area (Å²) in [6.07, 6.45) is 3.34. The van der Waals surface area contributed by atoms with E-state index < -0.39 is 5.97 Å². The van der Waals surface area contributed by atoms with Gasteiger partial charge in [0.15, 0.2) is 0 Å². The Morgan fingerprint density at radius 2 is 1.90 bits per heavy atom. The Kier molecular flexibility index (Phi) is 8.72. The molecular formula is C27H26N7O5Zn. The van der Waals surface area contributed by atoms with E-state index in [-0.39, 0.29) is 23.3 Å². The zero-order chi connectivity index (χ0) is 27.9. The Balaban J connectivity index is 1.33. The topological polar surface area (TPSA) is 142 Å². The Labute approximate surface area is 240 Å². The average Bonchev–Trinajstić information content (AvgIpc) is 3.74. The van der Waals surface area contributed by atoms with Crippen LogP contribution in [-0.4, -0.2) is 50.6 Å². The fraction of sp³-hybridized carbons (Fsp3) is 0.259. The summed E-state index contributed by atoms with van der Waals surface area (Å²) in [5.74, 6) is 0.401. The number of anilines is 3. The molecule has 0 radical (unpaired) electrons. The number of carbonyl (C=O) groups is 2. The van der Waals surface area contributed by atoms with Crippen LogP contribution in [0.3, 0.4) is 0 Å². The van der Waals surface area contributed by atoms with Gasteiger partial charge in [0.1, 0.15) is 0 Å². The molecule has 1 fully saturated rings. The molecule has 0 bridgehead atoms. The second-order valence-electron chi connectivity index (χ2n) is 9.07. The van der Waals surface area contributed by atoms with Crippen molar-refractivity contribution in [2.24, 2.45) is 5.92 Å². The van der Waals surface area contributed by atoms with Gasteiger partial charge in [0.05, 0.1) is 13.2 Å². The third-order valence-electron chi connectivity index (χ3n) is 6.16. The summed E-state index contributed by atoms with van der Waals surface area (Å²) in [7, 11) is 1.54. The molecule has 13 heteroatoms. The van der Waals surface area contributed by atoms with Gasteiger partial charge in [0, 0.05) is 0 Å². The summed E-state index contributed by atoms with van der Waals surface area (Å²) in [4.78, 5) is 29.1. The number of carbonyl (C=O) groups excluding carboxylic acids is 2. The van der Waals surface area contributed by atoms with E-state index in [4.69, 9.17) is 13.0 Å². The monoisotopic (exact) mass is 592 g/mol. The van der Waals surface area contributed by atoms with Crippen molar-refractivity contribution in [2.45, 2.75) is 26.0 Å². The van der Waals surface area contributed by atoms with Crippen molar-refractivity contribution in [2.75, 3.05) is 24.4 Å². The average molecular weight is 594 g/mol. The van der Waals surface area contributed by atoms with E-state index in [1.165, 1.54) is 7.11 Å². The predicted molar refractivity (Wildman–Crippen MR) is 140 cm³/mol. The standard InChI is InChI=1S/C27H27N7O5.Zn/c1-38-24-19(25-28-16-34(33-25)12-13-39-15-17-6-3-2-4-7-17)8-5-9-20(24)29-21-14-22(30-26(35)18-10-11-18)31-32-23(21)27(36)37;/h2-9,14,16,18H,10-13,15H2,1H3,(H,36,37)(H2,29,30,31,35);/q;+1/p-1. The van der Waals surface area contributed by atoms with Crippen LogP contribution in [0.5, 0.6) is 5.75 Å². The molecule has 201 valence electrons. The number of nitrogens with zero attached hydrogens (tertiary/aromatic N) is 5. The molecule has 2 aromatic carbocycles. The fourth-order valence-electron chi connectivity index (χ4n) is 3.97. The first-order chi connectivity index (χ1) is 19.6.